The van der Waals surface area contributed by atoms with E-state index in [1.807, 2.05) is 0 Å². The van der Waals surface area contributed by atoms with Crippen LogP contribution >= 0.6 is 0 Å². The maximum atomic E-state index is 12.6. The molecule has 13 unspecified atom stereocenters. The molecule has 0 aromatic carbocycles. The first-order valence-electron chi connectivity index (χ1n) is 20.3. The standard InChI is InChI=1S/C37H70N2O14/c1-19(2)27(20(3)4)21(5)16-24(12-10-14-50-36(34(46)47)17-25(42)28(38-8)32(52-36)30(44)22(6)40)13-11-15-51-37(35(48)49)18-26(43)29(39-9)33(53-37)31(45)23(7)41/h19-33,38-45H,10-18H2,1-9H3,(H,46,47)(H,48,49)/i6D,7D. The van der Waals surface area contributed by atoms with Gasteiger partial charge in [-0.3, -0.25) is 0 Å². The molecule has 2 fully saturated rings. The van der Waals surface area contributed by atoms with Crippen LogP contribution in [0.1, 0.15) is 96.1 Å². The molecule has 0 aliphatic carbocycles. The SMILES string of the molecule is [2H]CC(O)C(O)C1OC(OCCCC(CCCOC2(C(=O)O)CC(O)C(NC)C(C(O)C(O)C[2H])O2)CC(C)C(C(C)C)C(C)C)(C(=O)O)CC(O)C1NC. The number of rotatable bonds is 23. The maximum Gasteiger partial charge on any atom is 0.364 e. The van der Waals surface area contributed by atoms with E-state index in [2.05, 4.69) is 45.3 Å². The maximum absolute atomic E-state index is 12.6. The van der Waals surface area contributed by atoms with Gasteiger partial charge in [-0.1, -0.05) is 34.6 Å². The Kier molecular flexibility index (Phi) is 17.6. The van der Waals surface area contributed by atoms with Crippen molar-refractivity contribution in [3.8, 4) is 0 Å². The Hall–Kier alpha value is -1.54. The van der Waals surface area contributed by atoms with Crippen molar-refractivity contribution in [2.24, 2.45) is 29.6 Å². The molecule has 16 nitrogen and oxygen atoms in total. The third-order valence-electron chi connectivity index (χ3n) is 11.0. The minimum absolute atomic E-state index is 0.0605. The predicted molar refractivity (Wildman–Crippen MR) is 194 cm³/mol. The summed E-state index contributed by atoms with van der Waals surface area (Å²) in [6, 6.07) is -1.87. The normalized spacial score (nSPS) is 33.6. The Morgan fingerprint density at radius 2 is 1.13 bits per heavy atom. The molecule has 0 spiro atoms. The Morgan fingerprint density at radius 1 is 0.755 bits per heavy atom. The topological polar surface area (TPSA) is 257 Å². The lowest BCUT2D eigenvalue weighted by Gasteiger charge is -2.46. The molecule has 2 aliphatic rings. The van der Waals surface area contributed by atoms with E-state index in [1.165, 1.54) is 14.1 Å². The molecule has 13 atom stereocenters. The molecule has 0 aromatic rings. The van der Waals surface area contributed by atoms with Crippen LogP contribution < -0.4 is 10.6 Å². The lowest BCUT2D eigenvalue weighted by molar-refractivity contribution is -0.311. The average molecular weight is 769 g/mol. The summed E-state index contributed by atoms with van der Waals surface area (Å²) in [5, 5.41) is 89.4. The van der Waals surface area contributed by atoms with Gasteiger partial charge in [0.1, 0.15) is 24.4 Å². The number of aliphatic hydroxyl groups excluding tert-OH is 6. The molecular formula is C37H70N2O14. The van der Waals surface area contributed by atoms with Gasteiger partial charge in [-0.2, -0.15) is 0 Å². The Balaban J connectivity index is 2.21. The zero-order chi connectivity index (χ0) is 41.8. The third-order valence-corrected chi connectivity index (χ3v) is 11.0. The van der Waals surface area contributed by atoms with E-state index < -0.39 is 111 Å². The summed E-state index contributed by atoms with van der Waals surface area (Å²) in [6.07, 6.45) is -10.0. The largest absolute Gasteiger partial charge is 0.477 e. The first-order chi connectivity index (χ1) is 25.8. The molecule has 0 aromatic heterocycles. The molecule has 0 bridgehead atoms. The van der Waals surface area contributed by atoms with Crippen molar-refractivity contribution >= 4 is 11.9 Å². The summed E-state index contributed by atoms with van der Waals surface area (Å²) in [5.41, 5.74) is 0. The van der Waals surface area contributed by atoms with Crippen LogP contribution in [0.5, 0.6) is 0 Å². The van der Waals surface area contributed by atoms with Crippen LogP contribution in [0.25, 0.3) is 0 Å². The highest BCUT2D eigenvalue weighted by Crippen LogP contribution is 2.38. The van der Waals surface area contributed by atoms with E-state index in [0.29, 0.717) is 49.4 Å². The summed E-state index contributed by atoms with van der Waals surface area (Å²) in [7, 11) is 2.99. The number of hydrogen-bond donors (Lipinski definition) is 10. The number of carbonyl (C=O) groups is 2. The van der Waals surface area contributed by atoms with Crippen LogP contribution in [0.3, 0.4) is 0 Å². The van der Waals surface area contributed by atoms with Gasteiger partial charge in [0, 0.05) is 15.6 Å². The lowest BCUT2D eigenvalue weighted by atomic mass is 9.72. The fraction of sp³-hybridized carbons (Fsp3) is 0.946. The van der Waals surface area contributed by atoms with Gasteiger partial charge in [-0.05, 0) is 89.6 Å². The van der Waals surface area contributed by atoms with Crippen molar-refractivity contribution in [3.05, 3.63) is 0 Å². The molecule has 0 saturated carbocycles. The highest BCUT2D eigenvalue weighted by molar-refractivity contribution is 5.76. The first kappa shape index (κ1) is 44.2. The molecule has 312 valence electrons. The van der Waals surface area contributed by atoms with E-state index in [1.54, 1.807) is 0 Å². The van der Waals surface area contributed by atoms with Crippen molar-refractivity contribution in [3.63, 3.8) is 0 Å². The van der Waals surface area contributed by atoms with Gasteiger partial charge in [0.25, 0.3) is 11.6 Å². The minimum atomic E-state index is -2.32. The fourth-order valence-electron chi connectivity index (χ4n) is 8.59. The quantitative estimate of drug-likeness (QED) is 0.0641. The number of hydrogen-bond acceptors (Lipinski definition) is 14. The molecule has 2 saturated heterocycles. The molecule has 2 heterocycles. The van der Waals surface area contributed by atoms with Gasteiger partial charge in [-0.15, -0.1) is 0 Å². The molecule has 2 aliphatic heterocycles. The van der Waals surface area contributed by atoms with Gasteiger partial charge >= 0.3 is 11.9 Å². The highest BCUT2D eigenvalue weighted by Gasteiger charge is 2.56. The molecule has 0 amide bonds. The smallest absolute Gasteiger partial charge is 0.364 e. The van der Waals surface area contributed by atoms with Crippen LogP contribution in [0.15, 0.2) is 0 Å². The van der Waals surface area contributed by atoms with E-state index in [9.17, 15) is 50.4 Å². The number of carboxylic acid groups (broad SMARTS) is 2. The first-order valence-corrected chi connectivity index (χ1v) is 18.9. The second kappa shape index (κ2) is 21.1. The van der Waals surface area contributed by atoms with Crippen LogP contribution in [0.2, 0.25) is 0 Å². The van der Waals surface area contributed by atoms with Crippen LogP contribution in [-0.2, 0) is 28.5 Å². The van der Waals surface area contributed by atoms with E-state index >= 15 is 0 Å². The van der Waals surface area contributed by atoms with Crippen molar-refractivity contribution in [1.29, 1.82) is 0 Å². The lowest BCUT2D eigenvalue weighted by Crippen LogP contribution is -2.66. The number of aliphatic carboxylic acids is 2. The number of nitrogens with one attached hydrogen (secondary N) is 2. The summed E-state index contributed by atoms with van der Waals surface area (Å²) in [6.45, 7) is 9.62. The Morgan fingerprint density at radius 3 is 1.43 bits per heavy atom. The van der Waals surface area contributed by atoms with E-state index in [-0.39, 0.29) is 19.1 Å². The number of aliphatic hydroxyl groups is 6. The van der Waals surface area contributed by atoms with E-state index in [0.717, 1.165) is 6.42 Å². The summed E-state index contributed by atoms with van der Waals surface area (Å²) in [5.74, 6) is -6.07. The molecule has 16 heteroatoms. The predicted octanol–water partition coefficient (Wildman–Crippen LogP) is 0.671. The monoisotopic (exact) mass is 768 g/mol. The Bertz CT molecular complexity index is 1080. The third kappa shape index (κ3) is 12.2. The van der Waals surface area contributed by atoms with Crippen molar-refractivity contribution in [2.75, 3.05) is 27.3 Å². The number of carboxylic acids is 2. The number of likely N-dealkylation sites (N-methyl/N-ethyl adjacent to an activating group) is 2. The van der Waals surface area contributed by atoms with Gasteiger partial charge < -0.3 is 70.4 Å². The molecular weight excluding hydrogens is 696 g/mol. The summed E-state index contributed by atoms with van der Waals surface area (Å²) in [4.78, 5) is 25.1. The zero-order valence-electron chi connectivity index (χ0n) is 34.5. The zero-order valence-corrected chi connectivity index (χ0v) is 32.5. The van der Waals surface area contributed by atoms with Gasteiger partial charge in [-0.25, -0.2) is 9.59 Å². The summed E-state index contributed by atoms with van der Waals surface area (Å²) >= 11 is 0. The van der Waals surface area contributed by atoms with Crippen molar-refractivity contribution < 1.29 is 72.1 Å². The van der Waals surface area contributed by atoms with Gasteiger partial charge in [0.2, 0.25) is 0 Å². The van der Waals surface area contributed by atoms with Gasteiger partial charge in [0.15, 0.2) is 0 Å². The van der Waals surface area contributed by atoms with Crippen LogP contribution in [0, 0.1) is 29.6 Å². The molecule has 10 N–H and O–H groups in total. The second-order valence-corrected chi connectivity index (χ2v) is 15.7. The van der Waals surface area contributed by atoms with E-state index in [4.69, 9.17) is 21.7 Å². The van der Waals surface area contributed by atoms with Crippen LogP contribution in [0.4, 0.5) is 0 Å². The Labute approximate surface area is 317 Å². The van der Waals surface area contributed by atoms with Crippen molar-refractivity contribution in [2.45, 2.75) is 166 Å². The minimum Gasteiger partial charge on any atom is -0.477 e. The number of ether oxygens (including phenoxy) is 4. The summed E-state index contributed by atoms with van der Waals surface area (Å²) < 4.78 is 38.2. The highest BCUT2D eigenvalue weighted by atomic mass is 16.7. The molecule has 2 rings (SSSR count). The fourth-order valence-corrected chi connectivity index (χ4v) is 8.59. The van der Waals surface area contributed by atoms with Crippen LogP contribution in [-0.4, -0.2) is 153 Å². The molecule has 0 radical (unpaired) electrons. The molecule has 53 heavy (non-hydrogen) atoms. The average Bonchev–Trinajstić information content (AvgIpc) is 3.12. The van der Waals surface area contributed by atoms with Crippen molar-refractivity contribution in [1.82, 2.24) is 10.6 Å². The second-order valence-electron chi connectivity index (χ2n) is 15.7. The van der Waals surface area contributed by atoms with Gasteiger partial charge in [0.05, 0.1) is 49.7 Å².